The zero-order valence-corrected chi connectivity index (χ0v) is 16.7. The summed E-state index contributed by atoms with van der Waals surface area (Å²) in [6.07, 6.45) is 1.59. The highest BCUT2D eigenvalue weighted by molar-refractivity contribution is 5.66. The van der Waals surface area contributed by atoms with Crippen molar-refractivity contribution in [3.63, 3.8) is 0 Å². The predicted molar refractivity (Wildman–Crippen MR) is 108 cm³/mol. The van der Waals surface area contributed by atoms with Gasteiger partial charge in [-0.15, -0.1) is 0 Å². The molecule has 2 aliphatic rings. The largest absolute Gasteiger partial charge is 0.496 e. The molecule has 2 aromatic carbocycles. The lowest BCUT2D eigenvalue weighted by Gasteiger charge is -2.53. The number of fused-ring (bicyclic) bond motifs is 2. The second-order valence-corrected chi connectivity index (χ2v) is 8.72. The van der Waals surface area contributed by atoms with Crippen molar-refractivity contribution in [1.82, 2.24) is 0 Å². The molecule has 1 aliphatic heterocycles. The first-order valence-electron chi connectivity index (χ1n) is 10.00. The van der Waals surface area contributed by atoms with E-state index >= 15 is 0 Å². The minimum absolute atomic E-state index is 0.0696. The molecule has 2 fully saturated rings. The molecule has 1 saturated heterocycles. The molecule has 2 unspecified atom stereocenters. The molecule has 1 heterocycles. The SMILES string of the molecule is COc1ccc(-c2ccccc2)cc1[C@@H]1OC(C)(C)C2CC1[C@H](C)[C@@H](O)C2. The second-order valence-electron chi connectivity index (χ2n) is 8.72. The summed E-state index contributed by atoms with van der Waals surface area (Å²) >= 11 is 0. The van der Waals surface area contributed by atoms with Crippen LogP contribution < -0.4 is 4.74 Å². The lowest BCUT2D eigenvalue weighted by molar-refractivity contribution is -0.215. The van der Waals surface area contributed by atoms with Crippen LogP contribution in [0, 0.1) is 17.8 Å². The number of benzene rings is 2. The summed E-state index contributed by atoms with van der Waals surface area (Å²) in [5.41, 5.74) is 3.19. The zero-order valence-electron chi connectivity index (χ0n) is 16.7. The Morgan fingerprint density at radius 3 is 2.48 bits per heavy atom. The van der Waals surface area contributed by atoms with Crippen molar-refractivity contribution < 1.29 is 14.6 Å². The zero-order chi connectivity index (χ0) is 19.2. The van der Waals surface area contributed by atoms with Gasteiger partial charge in [0.05, 0.1) is 24.9 Å². The molecule has 4 rings (SSSR count). The van der Waals surface area contributed by atoms with Gasteiger partial charge in [0.25, 0.3) is 0 Å². The first kappa shape index (κ1) is 18.5. The molecule has 0 spiro atoms. The Bertz CT molecular complexity index is 799. The standard InChI is InChI=1S/C24H30O3/c1-15-19-13-18(14-21(15)25)24(2,3)27-23(19)20-12-17(10-11-22(20)26-4)16-8-6-5-7-9-16/h5-12,15,18-19,21,23,25H,13-14H2,1-4H3/t15-,18?,19?,21-,23+/m0/s1. The lowest BCUT2D eigenvalue weighted by atomic mass is 9.63. The normalized spacial score (nSPS) is 32.1. The van der Waals surface area contributed by atoms with Crippen LogP contribution in [0.1, 0.15) is 45.3 Å². The van der Waals surface area contributed by atoms with Crippen molar-refractivity contribution in [2.75, 3.05) is 7.11 Å². The highest BCUT2D eigenvalue weighted by Crippen LogP contribution is 2.54. The Morgan fingerprint density at radius 1 is 1.04 bits per heavy atom. The molecule has 144 valence electrons. The van der Waals surface area contributed by atoms with Gasteiger partial charge in [-0.25, -0.2) is 0 Å². The number of ether oxygens (including phenoxy) is 2. The summed E-state index contributed by atoms with van der Waals surface area (Å²) in [5.74, 6) is 1.77. The van der Waals surface area contributed by atoms with Crippen molar-refractivity contribution >= 4 is 0 Å². The summed E-state index contributed by atoms with van der Waals surface area (Å²) in [4.78, 5) is 0. The smallest absolute Gasteiger partial charge is 0.124 e. The summed E-state index contributed by atoms with van der Waals surface area (Å²) in [5, 5.41) is 10.7. The van der Waals surface area contributed by atoms with E-state index < -0.39 is 0 Å². The Balaban J connectivity index is 1.78. The van der Waals surface area contributed by atoms with E-state index in [0.29, 0.717) is 11.8 Å². The Kier molecular flexibility index (Phi) is 4.77. The fourth-order valence-electron chi connectivity index (χ4n) is 4.97. The van der Waals surface area contributed by atoms with Crippen LogP contribution >= 0.6 is 0 Å². The van der Waals surface area contributed by atoms with Gasteiger partial charge in [-0.05, 0) is 67.7 Å². The van der Waals surface area contributed by atoms with E-state index in [4.69, 9.17) is 9.47 Å². The molecule has 0 amide bonds. The monoisotopic (exact) mass is 366 g/mol. The number of aliphatic hydroxyl groups is 1. The molecular weight excluding hydrogens is 336 g/mol. The molecule has 0 aromatic heterocycles. The Morgan fingerprint density at radius 2 is 1.78 bits per heavy atom. The average molecular weight is 367 g/mol. The van der Waals surface area contributed by atoms with Crippen LogP contribution in [-0.2, 0) is 4.74 Å². The number of rotatable bonds is 3. The summed E-state index contributed by atoms with van der Waals surface area (Å²) < 4.78 is 12.4. The van der Waals surface area contributed by atoms with Gasteiger partial charge in [-0.3, -0.25) is 0 Å². The molecule has 3 heteroatoms. The van der Waals surface area contributed by atoms with Gasteiger partial charge >= 0.3 is 0 Å². The lowest BCUT2D eigenvalue weighted by Crippen LogP contribution is -2.52. The van der Waals surface area contributed by atoms with E-state index in [0.717, 1.165) is 24.2 Å². The van der Waals surface area contributed by atoms with Crippen LogP contribution in [0.5, 0.6) is 5.75 Å². The van der Waals surface area contributed by atoms with E-state index in [1.54, 1.807) is 7.11 Å². The third-order valence-electron chi connectivity index (χ3n) is 6.81. The van der Waals surface area contributed by atoms with E-state index in [1.807, 2.05) is 12.1 Å². The first-order valence-corrected chi connectivity index (χ1v) is 10.00. The topological polar surface area (TPSA) is 38.7 Å². The fourth-order valence-corrected chi connectivity index (χ4v) is 4.97. The number of hydrogen-bond acceptors (Lipinski definition) is 3. The van der Waals surface area contributed by atoms with Crippen LogP contribution in [0.2, 0.25) is 0 Å². The molecule has 2 bridgehead atoms. The van der Waals surface area contributed by atoms with Gasteiger partial charge in [0.15, 0.2) is 0 Å². The molecule has 5 atom stereocenters. The van der Waals surface area contributed by atoms with Crippen LogP contribution in [0.25, 0.3) is 11.1 Å². The maximum absolute atomic E-state index is 10.7. The van der Waals surface area contributed by atoms with E-state index in [-0.39, 0.29) is 23.7 Å². The van der Waals surface area contributed by atoms with Gasteiger partial charge in [-0.2, -0.15) is 0 Å². The van der Waals surface area contributed by atoms with E-state index in [2.05, 4.69) is 57.2 Å². The predicted octanol–water partition coefficient (Wildman–Crippen LogP) is 5.24. The van der Waals surface area contributed by atoms with Crippen molar-refractivity contribution in [1.29, 1.82) is 0 Å². The summed E-state index contributed by atoms with van der Waals surface area (Å²) in [6, 6.07) is 16.8. The number of methoxy groups -OCH3 is 1. The summed E-state index contributed by atoms with van der Waals surface area (Å²) in [7, 11) is 1.72. The van der Waals surface area contributed by atoms with Gasteiger partial charge in [-0.1, -0.05) is 43.3 Å². The molecule has 1 N–H and O–H groups in total. The maximum Gasteiger partial charge on any atom is 0.124 e. The molecule has 2 aromatic rings. The average Bonchev–Trinajstić information content (AvgIpc) is 2.68. The fraction of sp³-hybridized carbons (Fsp3) is 0.500. The second kappa shape index (κ2) is 6.96. The molecule has 27 heavy (non-hydrogen) atoms. The quantitative estimate of drug-likeness (QED) is 0.808. The molecule has 1 saturated carbocycles. The molecule has 0 radical (unpaired) electrons. The van der Waals surface area contributed by atoms with Crippen LogP contribution in [0.3, 0.4) is 0 Å². The van der Waals surface area contributed by atoms with Gasteiger partial charge in [0.2, 0.25) is 0 Å². The minimum Gasteiger partial charge on any atom is -0.496 e. The van der Waals surface area contributed by atoms with Crippen LogP contribution in [0.15, 0.2) is 48.5 Å². The number of hydrogen-bond donors (Lipinski definition) is 1. The first-order chi connectivity index (χ1) is 12.9. The molecule has 1 aliphatic carbocycles. The van der Waals surface area contributed by atoms with E-state index in [1.165, 1.54) is 11.1 Å². The maximum atomic E-state index is 10.7. The highest BCUT2D eigenvalue weighted by atomic mass is 16.5. The third kappa shape index (κ3) is 3.28. The Labute approximate surface area is 162 Å². The van der Waals surface area contributed by atoms with Crippen LogP contribution in [-0.4, -0.2) is 23.9 Å². The highest BCUT2D eigenvalue weighted by Gasteiger charge is 2.51. The van der Waals surface area contributed by atoms with Crippen molar-refractivity contribution in [2.45, 2.75) is 51.4 Å². The summed E-state index contributed by atoms with van der Waals surface area (Å²) in [6.45, 7) is 6.49. The van der Waals surface area contributed by atoms with Crippen molar-refractivity contribution in [2.24, 2.45) is 17.8 Å². The third-order valence-corrected chi connectivity index (χ3v) is 6.81. The van der Waals surface area contributed by atoms with E-state index in [9.17, 15) is 5.11 Å². The molecular formula is C24H30O3. The minimum atomic E-state index is -0.261. The Hall–Kier alpha value is -1.84. The van der Waals surface area contributed by atoms with Gasteiger partial charge < -0.3 is 14.6 Å². The van der Waals surface area contributed by atoms with Gasteiger partial charge in [0, 0.05) is 5.56 Å². The van der Waals surface area contributed by atoms with Crippen LogP contribution in [0.4, 0.5) is 0 Å². The van der Waals surface area contributed by atoms with Gasteiger partial charge in [0.1, 0.15) is 5.75 Å². The van der Waals surface area contributed by atoms with Crippen molar-refractivity contribution in [3.05, 3.63) is 54.1 Å². The van der Waals surface area contributed by atoms with Crippen molar-refractivity contribution in [3.8, 4) is 16.9 Å². The number of aliphatic hydroxyl groups excluding tert-OH is 1. The molecule has 3 nitrogen and oxygen atoms in total.